The number of para-hydroxylation sites is 2. The molecule has 0 spiro atoms. The Hall–Kier alpha value is -4.29. The van der Waals surface area contributed by atoms with E-state index >= 15 is 0 Å². The van der Waals surface area contributed by atoms with Crippen molar-refractivity contribution in [1.29, 1.82) is 0 Å². The fourth-order valence-electron chi connectivity index (χ4n) is 4.30. The molecule has 1 aliphatic rings. The highest BCUT2D eigenvalue weighted by molar-refractivity contribution is 6.44. The highest BCUT2D eigenvalue weighted by Gasteiger charge is 2.39. The number of ketones is 1. The SMILES string of the molecule is COc1cc([C@H]2N(c3ccccc3)N=C(C(C)=O)N2c2ccccc2)ccc1OCc1ccc(Cl)cc1. The Morgan fingerprint density at radius 3 is 2.14 bits per heavy atom. The molecule has 0 unspecified atom stereocenters. The number of hydrazone groups is 1. The summed E-state index contributed by atoms with van der Waals surface area (Å²) in [6.07, 6.45) is -0.414. The van der Waals surface area contributed by atoms with Crippen LogP contribution >= 0.6 is 11.6 Å². The molecule has 4 aromatic carbocycles. The Kier molecular flexibility index (Phi) is 7.10. The van der Waals surface area contributed by atoms with Crippen molar-refractivity contribution in [2.75, 3.05) is 17.0 Å². The Balaban J connectivity index is 1.54. The zero-order chi connectivity index (χ0) is 25.8. The van der Waals surface area contributed by atoms with Crippen LogP contribution in [0.3, 0.4) is 0 Å². The van der Waals surface area contributed by atoms with Gasteiger partial charge in [-0.1, -0.05) is 66.2 Å². The molecule has 0 radical (unpaired) electrons. The summed E-state index contributed by atoms with van der Waals surface area (Å²) >= 11 is 6.00. The number of carbonyl (C=O) groups is 1. The standard InChI is InChI=1S/C30H26ClN3O3/c1-21(35)29-32-34(26-11-7-4-8-12-26)30(33(29)25-9-5-3-6-10-25)23-15-18-27(28(19-23)36-2)37-20-22-13-16-24(31)17-14-22/h3-19,30H,20H2,1-2H3/t30-/m1/s1. The molecule has 0 aromatic heterocycles. The minimum absolute atomic E-state index is 0.123. The fourth-order valence-corrected chi connectivity index (χ4v) is 4.42. The number of ether oxygens (including phenoxy) is 2. The van der Waals surface area contributed by atoms with Crippen molar-refractivity contribution >= 4 is 34.6 Å². The lowest BCUT2D eigenvalue weighted by molar-refractivity contribution is -0.111. The molecule has 0 fully saturated rings. The van der Waals surface area contributed by atoms with Crippen molar-refractivity contribution in [2.45, 2.75) is 19.7 Å². The molecule has 0 saturated heterocycles. The molecule has 0 bridgehead atoms. The first-order valence-corrected chi connectivity index (χ1v) is 12.3. The Labute approximate surface area is 221 Å². The molecule has 37 heavy (non-hydrogen) atoms. The van der Waals surface area contributed by atoms with Crippen LogP contribution in [0, 0.1) is 0 Å². The second kappa shape index (κ2) is 10.8. The molecule has 0 N–H and O–H groups in total. The van der Waals surface area contributed by atoms with Gasteiger partial charge >= 0.3 is 0 Å². The second-order valence-corrected chi connectivity index (χ2v) is 9.00. The van der Waals surface area contributed by atoms with Crippen LogP contribution in [0.5, 0.6) is 11.5 Å². The van der Waals surface area contributed by atoms with E-state index in [0.717, 1.165) is 22.5 Å². The molecule has 5 rings (SSSR count). The van der Waals surface area contributed by atoms with Crippen LogP contribution in [0.25, 0.3) is 0 Å². The minimum atomic E-state index is -0.414. The number of anilines is 2. The number of hydrogen-bond acceptors (Lipinski definition) is 6. The summed E-state index contributed by atoms with van der Waals surface area (Å²) < 4.78 is 11.8. The van der Waals surface area contributed by atoms with E-state index < -0.39 is 6.17 Å². The molecule has 7 heteroatoms. The molecule has 0 aliphatic carbocycles. The summed E-state index contributed by atoms with van der Waals surface area (Å²) in [5, 5.41) is 7.33. The van der Waals surface area contributed by atoms with E-state index in [1.165, 1.54) is 6.92 Å². The maximum Gasteiger partial charge on any atom is 0.198 e. The third-order valence-corrected chi connectivity index (χ3v) is 6.32. The number of Topliss-reactive ketones (excluding diaryl/α,β-unsaturated/α-hetero) is 1. The number of nitrogens with zero attached hydrogens (tertiary/aromatic N) is 3. The molecule has 1 heterocycles. The number of amidine groups is 1. The van der Waals surface area contributed by atoms with E-state index in [0.29, 0.717) is 29.0 Å². The third-order valence-electron chi connectivity index (χ3n) is 6.07. The molecule has 4 aromatic rings. The van der Waals surface area contributed by atoms with E-state index in [1.807, 2.05) is 113 Å². The third kappa shape index (κ3) is 5.15. The van der Waals surface area contributed by atoms with Gasteiger partial charge in [0.1, 0.15) is 6.61 Å². The van der Waals surface area contributed by atoms with Crippen molar-refractivity contribution in [2.24, 2.45) is 5.10 Å². The average molecular weight is 512 g/mol. The minimum Gasteiger partial charge on any atom is -0.493 e. The lowest BCUT2D eigenvalue weighted by Crippen LogP contribution is -2.37. The monoisotopic (exact) mass is 511 g/mol. The normalized spacial score (nSPS) is 14.9. The van der Waals surface area contributed by atoms with Gasteiger partial charge in [0.15, 0.2) is 29.3 Å². The first kappa shape index (κ1) is 24.4. The zero-order valence-electron chi connectivity index (χ0n) is 20.5. The van der Waals surface area contributed by atoms with Gasteiger partial charge in [-0.2, -0.15) is 0 Å². The summed E-state index contributed by atoms with van der Waals surface area (Å²) in [6.45, 7) is 1.91. The van der Waals surface area contributed by atoms with E-state index in [9.17, 15) is 4.79 Å². The number of halogens is 1. The predicted octanol–water partition coefficient (Wildman–Crippen LogP) is 6.86. The van der Waals surface area contributed by atoms with Gasteiger partial charge in [-0.25, -0.2) is 5.01 Å². The summed E-state index contributed by atoms with van der Waals surface area (Å²) in [7, 11) is 1.62. The van der Waals surface area contributed by atoms with E-state index in [2.05, 4.69) is 0 Å². The van der Waals surface area contributed by atoms with Crippen LogP contribution in [0.4, 0.5) is 11.4 Å². The number of benzene rings is 4. The van der Waals surface area contributed by atoms with Crippen LogP contribution in [0.15, 0.2) is 108 Å². The van der Waals surface area contributed by atoms with E-state index in [-0.39, 0.29) is 5.78 Å². The first-order chi connectivity index (χ1) is 18.0. The summed E-state index contributed by atoms with van der Waals surface area (Å²) in [4.78, 5) is 14.7. The molecule has 1 aliphatic heterocycles. The Bertz CT molecular complexity index is 1410. The van der Waals surface area contributed by atoms with Gasteiger partial charge < -0.3 is 9.47 Å². The van der Waals surface area contributed by atoms with Gasteiger partial charge in [0, 0.05) is 23.2 Å². The smallest absolute Gasteiger partial charge is 0.198 e. The summed E-state index contributed by atoms with van der Waals surface area (Å²) in [5.74, 6) is 1.44. The zero-order valence-corrected chi connectivity index (χ0v) is 21.3. The molecular weight excluding hydrogens is 486 g/mol. The maximum atomic E-state index is 12.7. The molecule has 0 amide bonds. The lowest BCUT2D eigenvalue weighted by atomic mass is 10.1. The topological polar surface area (TPSA) is 54.4 Å². The predicted molar refractivity (Wildman–Crippen MR) is 147 cm³/mol. The van der Waals surface area contributed by atoms with Crippen molar-refractivity contribution in [1.82, 2.24) is 0 Å². The number of rotatable bonds is 8. The molecule has 186 valence electrons. The van der Waals surface area contributed by atoms with E-state index in [4.69, 9.17) is 26.2 Å². The van der Waals surface area contributed by atoms with Crippen molar-refractivity contribution in [3.8, 4) is 11.5 Å². The lowest BCUT2D eigenvalue weighted by Gasteiger charge is -2.32. The van der Waals surface area contributed by atoms with Gasteiger partial charge in [-0.3, -0.25) is 9.69 Å². The van der Waals surface area contributed by atoms with E-state index in [1.54, 1.807) is 7.11 Å². The van der Waals surface area contributed by atoms with Gasteiger partial charge in [0.2, 0.25) is 0 Å². The molecule has 1 atom stereocenters. The fraction of sp³-hybridized carbons (Fsp3) is 0.133. The van der Waals surface area contributed by atoms with Crippen molar-refractivity contribution in [3.05, 3.63) is 119 Å². The van der Waals surface area contributed by atoms with Gasteiger partial charge in [0.05, 0.1) is 12.8 Å². The van der Waals surface area contributed by atoms with Crippen LogP contribution < -0.4 is 19.4 Å². The second-order valence-electron chi connectivity index (χ2n) is 8.56. The van der Waals surface area contributed by atoms with Gasteiger partial charge in [-0.15, -0.1) is 5.10 Å². The van der Waals surface area contributed by atoms with Crippen molar-refractivity contribution < 1.29 is 14.3 Å². The average Bonchev–Trinajstić information content (AvgIpc) is 3.35. The highest BCUT2D eigenvalue weighted by atomic mass is 35.5. The van der Waals surface area contributed by atoms with Gasteiger partial charge in [0.25, 0.3) is 0 Å². The molecule has 6 nitrogen and oxygen atoms in total. The Morgan fingerprint density at radius 2 is 1.51 bits per heavy atom. The number of hydrogen-bond donors (Lipinski definition) is 0. The largest absolute Gasteiger partial charge is 0.493 e. The van der Waals surface area contributed by atoms with Crippen molar-refractivity contribution in [3.63, 3.8) is 0 Å². The van der Waals surface area contributed by atoms with Crippen LogP contribution in [0.1, 0.15) is 24.2 Å². The number of methoxy groups -OCH3 is 1. The molecular formula is C30H26ClN3O3. The maximum absolute atomic E-state index is 12.7. The number of carbonyl (C=O) groups excluding carboxylic acids is 1. The Morgan fingerprint density at radius 1 is 0.865 bits per heavy atom. The van der Waals surface area contributed by atoms with Crippen LogP contribution in [-0.4, -0.2) is 18.7 Å². The quantitative estimate of drug-likeness (QED) is 0.259. The molecule has 0 saturated carbocycles. The van der Waals surface area contributed by atoms with Crippen LogP contribution in [0.2, 0.25) is 5.02 Å². The van der Waals surface area contributed by atoms with Crippen LogP contribution in [-0.2, 0) is 11.4 Å². The highest BCUT2D eigenvalue weighted by Crippen LogP contribution is 2.41. The summed E-state index contributed by atoms with van der Waals surface area (Å²) in [5.41, 5.74) is 3.62. The first-order valence-electron chi connectivity index (χ1n) is 11.9. The summed E-state index contributed by atoms with van der Waals surface area (Å²) in [6, 6.07) is 32.9. The van der Waals surface area contributed by atoms with Gasteiger partial charge in [-0.05, 0) is 54.1 Å².